The van der Waals surface area contributed by atoms with E-state index in [1.165, 1.54) is 23.5 Å². The molecule has 9 heteroatoms. The van der Waals surface area contributed by atoms with Crippen molar-refractivity contribution in [2.24, 2.45) is 0 Å². The molecule has 29 heavy (non-hydrogen) atoms. The second kappa shape index (κ2) is 7.92. The first-order valence-corrected chi connectivity index (χ1v) is 11.4. The highest BCUT2D eigenvalue weighted by Crippen LogP contribution is 2.34. The largest absolute Gasteiger partial charge is 0.337 e. The van der Waals surface area contributed by atoms with Crippen LogP contribution < -0.4 is 10.6 Å². The summed E-state index contributed by atoms with van der Waals surface area (Å²) >= 11 is 1.31. The zero-order valence-corrected chi connectivity index (χ0v) is 16.9. The minimum atomic E-state index is -3.30. The predicted molar refractivity (Wildman–Crippen MR) is 110 cm³/mol. The quantitative estimate of drug-likeness (QED) is 0.647. The Morgan fingerprint density at radius 1 is 1.21 bits per heavy atom. The van der Waals surface area contributed by atoms with Gasteiger partial charge in [-0.15, -0.1) is 11.3 Å². The molecule has 2 N–H and O–H groups in total. The van der Waals surface area contributed by atoms with Crippen LogP contribution in [0.25, 0.3) is 0 Å². The van der Waals surface area contributed by atoms with E-state index < -0.39 is 15.9 Å². The van der Waals surface area contributed by atoms with Crippen molar-refractivity contribution in [3.05, 3.63) is 76.5 Å². The van der Waals surface area contributed by atoms with Gasteiger partial charge in [0.05, 0.1) is 10.6 Å². The Hall–Kier alpha value is -2.78. The van der Waals surface area contributed by atoms with Gasteiger partial charge in [-0.3, -0.25) is 5.32 Å². The van der Waals surface area contributed by atoms with Crippen LogP contribution in [0.3, 0.4) is 0 Å². The summed E-state index contributed by atoms with van der Waals surface area (Å²) < 4.78 is 37.7. The molecule has 4 rings (SSSR count). The van der Waals surface area contributed by atoms with E-state index in [1.54, 1.807) is 36.5 Å². The molecule has 0 radical (unpaired) electrons. The summed E-state index contributed by atoms with van der Waals surface area (Å²) in [7, 11) is -3.30. The summed E-state index contributed by atoms with van der Waals surface area (Å²) in [6.45, 7) is 0.212. The molecule has 1 unspecified atom stereocenters. The number of benzene rings is 2. The molecule has 0 spiro atoms. The molecule has 2 heterocycles. The summed E-state index contributed by atoms with van der Waals surface area (Å²) in [6, 6.07) is 12.8. The Morgan fingerprint density at radius 2 is 2.03 bits per heavy atom. The van der Waals surface area contributed by atoms with E-state index in [2.05, 4.69) is 15.6 Å². The third kappa shape index (κ3) is 4.46. The number of carbonyl (C=O) groups is 1. The minimum absolute atomic E-state index is 0.0122. The first-order valence-electron chi connectivity index (χ1n) is 8.96. The number of carbonyl (C=O) groups excluding carboxylic acids is 1. The zero-order valence-electron chi connectivity index (χ0n) is 15.3. The van der Waals surface area contributed by atoms with Crippen LogP contribution in [-0.4, -0.2) is 31.7 Å². The SMILES string of the molecule is O=C(NCC1CS(=O)(=O)c2ccccc21)Nc1ncc(Cc2cccc(F)c2)s1. The summed E-state index contributed by atoms with van der Waals surface area (Å²) in [6.07, 6.45) is 2.17. The summed E-state index contributed by atoms with van der Waals surface area (Å²) in [5, 5.41) is 5.81. The fourth-order valence-electron chi connectivity index (χ4n) is 3.37. The third-order valence-electron chi connectivity index (χ3n) is 4.66. The highest BCUT2D eigenvalue weighted by Gasteiger charge is 2.34. The van der Waals surface area contributed by atoms with Crippen molar-refractivity contribution >= 4 is 32.3 Å². The maximum Gasteiger partial charge on any atom is 0.321 e. The molecule has 1 atom stereocenters. The van der Waals surface area contributed by atoms with Crippen molar-refractivity contribution in [3.63, 3.8) is 0 Å². The minimum Gasteiger partial charge on any atom is -0.337 e. The number of nitrogens with zero attached hydrogens (tertiary/aromatic N) is 1. The number of urea groups is 1. The molecule has 2 aromatic carbocycles. The number of aromatic nitrogens is 1. The number of rotatable bonds is 5. The van der Waals surface area contributed by atoms with Crippen molar-refractivity contribution in [3.8, 4) is 0 Å². The Bertz CT molecular complexity index is 1160. The number of fused-ring (bicyclic) bond motifs is 1. The lowest BCUT2D eigenvalue weighted by Gasteiger charge is -2.11. The number of nitrogens with one attached hydrogen (secondary N) is 2. The average molecular weight is 432 g/mol. The van der Waals surface area contributed by atoms with E-state index in [1.807, 2.05) is 6.07 Å². The Balaban J connectivity index is 1.34. The number of hydrogen-bond donors (Lipinski definition) is 2. The summed E-state index contributed by atoms with van der Waals surface area (Å²) in [5.41, 5.74) is 1.56. The van der Waals surface area contributed by atoms with E-state index in [4.69, 9.17) is 0 Å². The summed E-state index contributed by atoms with van der Waals surface area (Å²) in [4.78, 5) is 17.6. The van der Waals surface area contributed by atoms with Crippen LogP contribution in [0.2, 0.25) is 0 Å². The Kier molecular flexibility index (Phi) is 5.33. The maximum atomic E-state index is 13.3. The molecule has 3 aromatic rings. The third-order valence-corrected chi connectivity index (χ3v) is 7.46. The predicted octanol–water partition coefficient (Wildman–Crippen LogP) is 3.57. The van der Waals surface area contributed by atoms with Crippen molar-refractivity contribution < 1.29 is 17.6 Å². The molecular formula is C20H18FN3O3S2. The number of anilines is 1. The van der Waals surface area contributed by atoms with Gasteiger partial charge >= 0.3 is 6.03 Å². The van der Waals surface area contributed by atoms with Crippen molar-refractivity contribution in [2.45, 2.75) is 17.2 Å². The van der Waals surface area contributed by atoms with Crippen LogP contribution in [0, 0.1) is 5.82 Å². The second-order valence-electron chi connectivity index (χ2n) is 6.79. The molecular weight excluding hydrogens is 413 g/mol. The molecule has 2 amide bonds. The van der Waals surface area contributed by atoms with Gasteiger partial charge in [-0.2, -0.15) is 0 Å². The molecule has 150 valence electrons. The summed E-state index contributed by atoms with van der Waals surface area (Å²) in [5.74, 6) is -0.580. The highest BCUT2D eigenvalue weighted by molar-refractivity contribution is 7.91. The zero-order chi connectivity index (χ0) is 20.4. The van der Waals surface area contributed by atoms with E-state index >= 15 is 0 Å². The van der Waals surface area contributed by atoms with E-state index in [9.17, 15) is 17.6 Å². The van der Waals surface area contributed by atoms with Crippen LogP contribution in [0.5, 0.6) is 0 Å². The molecule has 0 fully saturated rings. The molecule has 1 aromatic heterocycles. The monoisotopic (exact) mass is 431 g/mol. The van der Waals surface area contributed by atoms with Gasteiger partial charge in [0.1, 0.15) is 5.82 Å². The molecule has 1 aliphatic heterocycles. The lowest BCUT2D eigenvalue weighted by atomic mass is 10.0. The first-order chi connectivity index (χ1) is 13.9. The fourth-order valence-corrected chi connectivity index (χ4v) is 6.09. The Morgan fingerprint density at radius 3 is 2.86 bits per heavy atom. The van der Waals surface area contributed by atoms with Crippen LogP contribution in [-0.2, 0) is 16.3 Å². The van der Waals surface area contributed by atoms with Gasteiger partial charge in [-0.05, 0) is 29.3 Å². The van der Waals surface area contributed by atoms with E-state index in [0.717, 1.165) is 16.0 Å². The Labute approximate surface area is 171 Å². The van der Waals surface area contributed by atoms with Crippen LogP contribution >= 0.6 is 11.3 Å². The van der Waals surface area contributed by atoms with E-state index in [0.29, 0.717) is 16.4 Å². The first kappa shape index (κ1) is 19.5. The molecule has 0 saturated heterocycles. The normalized spacial score (nSPS) is 16.9. The number of sulfone groups is 1. The van der Waals surface area contributed by atoms with Gasteiger partial charge in [-0.1, -0.05) is 30.3 Å². The molecule has 0 bridgehead atoms. The number of hydrogen-bond acceptors (Lipinski definition) is 5. The molecule has 1 aliphatic rings. The van der Waals surface area contributed by atoms with Gasteiger partial charge in [-0.25, -0.2) is 22.6 Å². The van der Waals surface area contributed by atoms with Gasteiger partial charge < -0.3 is 5.32 Å². The van der Waals surface area contributed by atoms with Crippen molar-refractivity contribution in [1.82, 2.24) is 10.3 Å². The van der Waals surface area contributed by atoms with Crippen LogP contribution in [0.15, 0.2) is 59.6 Å². The van der Waals surface area contributed by atoms with Crippen molar-refractivity contribution in [1.29, 1.82) is 0 Å². The van der Waals surface area contributed by atoms with Gasteiger partial charge in [0, 0.05) is 30.0 Å². The average Bonchev–Trinajstić information content (AvgIpc) is 3.22. The lowest BCUT2D eigenvalue weighted by molar-refractivity contribution is 0.251. The van der Waals surface area contributed by atoms with Crippen LogP contribution in [0.4, 0.5) is 14.3 Å². The van der Waals surface area contributed by atoms with Gasteiger partial charge in [0.2, 0.25) is 0 Å². The number of thiazole rings is 1. The fraction of sp³-hybridized carbons (Fsp3) is 0.200. The second-order valence-corrected chi connectivity index (χ2v) is 9.91. The topological polar surface area (TPSA) is 88.2 Å². The molecule has 0 saturated carbocycles. The standard InChI is InChI=1S/C20H18FN3O3S2/c21-15-5-3-4-13(8-15)9-16-11-23-20(28-16)24-19(25)22-10-14-12-29(26,27)18-7-2-1-6-17(14)18/h1-8,11,14H,9-10,12H2,(H2,22,23,24,25). The van der Waals surface area contributed by atoms with Crippen molar-refractivity contribution in [2.75, 3.05) is 17.6 Å². The van der Waals surface area contributed by atoms with Crippen LogP contribution in [0.1, 0.15) is 21.9 Å². The smallest absolute Gasteiger partial charge is 0.321 e. The van der Waals surface area contributed by atoms with Gasteiger partial charge in [0.15, 0.2) is 15.0 Å². The maximum absolute atomic E-state index is 13.3. The molecule has 6 nitrogen and oxygen atoms in total. The van der Waals surface area contributed by atoms with Gasteiger partial charge in [0.25, 0.3) is 0 Å². The molecule has 0 aliphatic carbocycles. The number of halogens is 1. The van der Waals surface area contributed by atoms with E-state index in [-0.39, 0.29) is 24.0 Å². The lowest BCUT2D eigenvalue weighted by Crippen LogP contribution is -2.32. The number of amides is 2. The highest BCUT2D eigenvalue weighted by atomic mass is 32.2.